The fourth-order valence-corrected chi connectivity index (χ4v) is 7.31. The van der Waals surface area contributed by atoms with Crippen LogP contribution in [0.3, 0.4) is 0 Å². The highest BCUT2D eigenvalue weighted by molar-refractivity contribution is 8.18. The fraction of sp³-hybridized carbons (Fsp3) is 0. The number of fused-ring (bicyclic) bond motifs is 2. The molecule has 2 N–H and O–H groups in total. The van der Waals surface area contributed by atoms with E-state index in [2.05, 4.69) is 15.3 Å². The highest BCUT2D eigenvalue weighted by Gasteiger charge is 2.36. The molecule has 1 saturated heterocycles. The zero-order valence-electron chi connectivity index (χ0n) is 21.6. The number of amidine groups is 1. The minimum atomic E-state index is -1.06. The molecule has 3 aromatic carbocycles. The molecule has 1 fully saturated rings. The van der Waals surface area contributed by atoms with Crippen LogP contribution in [0.4, 0.5) is 11.4 Å². The van der Waals surface area contributed by atoms with E-state index < -0.39 is 5.97 Å². The number of anilines is 1. The van der Waals surface area contributed by atoms with Gasteiger partial charge in [0.25, 0.3) is 17.7 Å². The van der Waals surface area contributed by atoms with E-state index in [9.17, 15) is 24.3 Å². The topological polar surface area (TPSA) is 142 Å². The average Bonchev–Trinajstić information content (AvgIpc) is 3.75. The van der Waals surface area contributed by atoms with Gasteiger partial charge in [0.05, 0.1) is 43.2 Å². The lowest BCUT2D eigenvalue weighted by molar-refractivity contribution is -0.115. The third-order valence-electron chi connectivity index (χ3n) is 6.44. The first kappa shape index (κ1) is 26.9. The van der Waals surface area contributed by atoms with Crippen LogP contribution in [-0.4, -0.2) is 38.9 Å². The van der Waals surface area contributed by atoms with Crippen molar-refractivity contribution in [3.63, 3.8) is 0 Å². The molecule has 13 heteroatoms. The summed E-state index contributed by atoms with van der Waals surface area (Å²) in [7, 11) is 0. The van der Waals surface area contributed by atoms with Crippen molar-refractivity contribution in [3.05, 3.63) is 106 Å². The number of aliphatic imine (C=N–C) groups is 1. The third kappa shape index (κ3) is 5.14. The Morgan fingerprint density at radius 3 is 2.53 bits per heavy atom. The summed E-state index contributed by atoms with van der Waals surface area (Å²) in [6.45, 7) is 0. The van der Waals surface area contributed by atoms with E-state index in [1.54, 1.807) is 72.8 Å². The van der Waals surface area contributed by atoms with Gasteiger partial charge in [0, 0.05) is 6.08 Å². The van der Waals surface area contributed by atoms with Crippen LogP contribution in [-0.2, 0) is 4.79 Å². The normalized spacial score (nSPS) is 16.5. The zero-order valence-corrected chi connectivity index (χ0v) is 24.1. The van der Waals surface area contributed by atoms with E-state index in [-0.39, 0.29) is 23.3 Å². The molecule has 0 atom stereocenters. The monoisotopic (exact) mass is 624 g/mol. The van der Waals surface area contributed by atoms with Gasteiger partial charge in [0.2, 0.25) is 0 Å². The van der Waals surface area contributed by atoms with Gasteiger partial charge < -0.3 is 14.8 Å². The maximum Gasteiger partial charge on any atom is 0.335 e. The van der Waals surface area contributed by atoms with Gasteiger partial charge in [0.15, 0.2) is 14.6 Å². The standard InChI is InChI=1S/C30H16N4O6S3/c35-25-23(41-29(33-25)31-16-5-3-4-15(12-16)28(38)39)14-18-9-11-24(40-18)43-30-32-21-10-8-17(13-22(21)42-30)34-26(36)19-6-1-2-7-20(19)27(34)37/h1-14H,(H,38,39)(H,31,33,35)/b23-14-. The number of hydrogen-bond donors (Lipinski definition) is 2. The van der Waals surface area contributed by atoms with Crippen molar-refractivity contribution in [1.82, 2.24) is 10.3 Å². The molecular formula is C30H16N4O6S3. The van der Waals surface area contributed by atoms with Crippen LogP contribution in [0.15, 0.2) is 103 Å². The second kappa shape index (κ2) is 10.7. The van der Waals surface area contributed by atoms with Crippen molar-refractivity contribution in [3.8, 4) is 0 Å². The molecule has 2 aliphatic rings. The van der Waals surface area contributed by atoms with Crippen molar-refractivity contribution >= 4 is 91.4 Å². The first-order chi connectivity index (χ1) is 20.8. The van der Waals surface area contributed by atoms with Gasteiger partial charge in [-0.05, 0) is 84.2 Å². The second-order valence-electron chi connectivity index (χ2n) is 9.22. The van der Waals surface area contributed by atoms with Crippen molar-refractivity contribution in [2.45, 2.75) is 9.43 Å². The van der Waals surface area contributed by atoms with Crippen LogP contribution in [0.2, 0.25) is 0 Å². The van der Waals surface area contributed by atoms with E-state index >= 15 is 0 Å². The number of carboxylic acid groups (broad SMARTS) is 1. The molecule has 0 radical (unpaired) electrons. The highest BCUT2D eigenvalue weighted by atomic mass is 32.2. The number of carboxylic acids is 1. The Bertz CT molecular complexity index is 2040. The maximum atomic E-state index is 12.9. The lowest BCUT2D eigenvalue weighted by Gasteiger charge is -2.13. The van der Waals surface area contributed by atoms with Gasteiger partial charge >= 0.3 is 5.97 Å². The van der Waals surface area contributed by atoms with E-state index in [1.807, 2.05) is 0 Å². The Morgan fingerprint density at radius 2 is 1.77 bits per heavy atom. The first-order valence-electron chi connectivity index (χ1n) is 12.6. The van der Waals surface area contributed by atoms with Crippen LogP contribution in [0.5, 0.6) is 0 Å². The highest BCUT2D eigenvalue weighted by Crippen LogP contribution is 2.38. The molecule has 0 saturated carbocycles. The van der Waals surface area contributed by atoms with Gasteiger partial charge in [-0.25, -0.2) is 19.7 Å². The summed E-state index contributed by atoms with van der Waals surface area (Å²) < 4.78 is 7.43. The Morgan fingerprint density at radius 1 is 0.977 bits per heavy atom. The summed E-state index contributed by atoms with van der Waals surface area (Å²) in [4.78, 5) is 60.0. The Hall–Kier alpha value is -4.98. The quantitative estimate of drug-likeness (QED) is 0.161. The smallest absolute Gasteiger partial charge is 0.335 e. The van der Waals surface area contributed by atoms with Gasteiger partial charge in [-0.2, -0.15) is 0 Å². The molecule has 5 aromatic rings. The Balaban J connectivity index is 1.06. The van der Waals surface area contributed by atoms with Gasteiger partial charge in [-0.1, -0.05) is 18.2 Å². The lowest BCUT2D eigenvalue weighted by atomic mass is 10.1. The van der Waals surface area contributed by atoms with Crippen LogP contribution in [0.25, 0.3) is 16.3 Å². The predicted molar refractivity (Wildman–Crippen MR) is 164 cm³/mol. The van der Waals surface area contributed by atoms with E-state index in [0.717, 1.165) is 22.0 Å². The molecule has 4 heterocycles. The number of hydrogen-bond acceptors (Lipinski definition) is 10. The van der Waals surface area contributed by atoms with Gasteiger partial charge in [-0.15, -0.1) is 11.3 Å². The Labute approximate surface area is 255 Å². The summed E-state index contributed by atoms with van der Waals surface area (Å²) in [6.07, 6.45) is 1.60. The SMILES string of the molecule is O=C1NC(=Nc2cccc(C(=O)O)c2)S/C1=C\c1ccc(Sc2nc3ccc(N4C(=O)c5ccccc5C4=O)cc3s2)o1. The molecule has 210 valence electrons. The minimum Gasteiger partial charge on any atom is -0.478 e. The molecule has 3 amide bonds. The molecule has 0 spiro atoms. The summed E-state index contributed by atoms with van der Waals surface area (Å²) in [5.41, 5.74) is 2.49. The number of furan rings is 1. The fourth-order valence-electron chi connectivity index (χ4n) is 4.49. The molecule has 7 rings (SSSR count). The summed E-state index contributed by atoms with van der Waals surface area (Å²) in [5.74, 6) is -1.64. The molecule has 0 aliphatic carbocycles. The van der Waals surface area contributed by atoms with Crippen molar-refractivity contribution in [1.29, 1.82) is 0 Å². The molecule has 2 aliphatic heterocycles. The van der Waals surface area contributed by atoms with Crippen LogP contribution in [0.1, 0.15) is 36.8 Å². The largest absolute Gasteiger partial charge is 0.478 e. The molecule has 0 bridgehead atoms. The van der Waals surface area contributed by atoms with Gasteiger partial charge in [-0.3, -0.25) is 14.4 Å². The third-order valence-corrected chi connectivity index (χ3v) is 9.35. The molecule has 10 nitrogen and oxygen atoms in total. The maximum absolute atomic E-state index is 12.9. The molecule has 43 heavy (non-hydrogen) atoms. The molecule has 0 unspecified atom stereocenters. The first-order valence-corrected chi connectivity index (χ1v) is 15.1. The predicted octanol–water partition coefficient (Wildman–Crippen LogP) is 6.43. The average molecular weight is 625 g/mol. The van der Waals surface area contributed by atoms with Gasteiger partial charge in [0.1, 0.15) is 5.76 Å². The van der Waals surface area contributed by atoms with Crippen LogP contribution in [0, 0.1) is 0 Å². The van der Waals surface area contributed by atoms with E-state index in [1.165, 1.54) is 40.1 Å². The number of thioether (sulfide) groups is 1. The van der Waals surface area contributed by atoms with Crippen molar-refractivity contribution in [2.24, 2.45) is 4.99 Å². The number of aromatic nitrogens is 1. The Kier molecular flexibility index (Phi) is 6.69. The van der Waals surface area contributed by atoms with Crippen molar-refractivity contribution in [2.75, 3.05) is 4.90 Å². The number of thiazole rings is 1. The van der Waals surface area contributed by atoms with Crippen LogP contribution < -0.4 is 10.2 Å². The zero-order chi connectivity index (χ0) is 29.7. The minimum absolute atomic E-state index is 0.101. The number of benzene rings is 3. The number of carbonyl (C=O) groups excluding carboxylic acids is 3. The molecular weight excluding hydrogens is 609 g/mol. The number of carbonyl (C=O) groups is 4. The summed E-state index contributed by atoms with van der Waals surface area (Å²) in [5, 5.41) is 12.7. The second-order valence-corrected chi connectivity index (χ2v) is 12.5. The number of nitrogens with zero attached hydrogens (tertiary/aromatic N) is 3. The number of amides is 3. The van der Waals surface area contributed by atoms with Crippen LogP contribution >= 0.6 is 34.9 Å². The van der Waals surface area contributed by atoms with Crippen molar-refractivity contribution < 1.29 is 28.7 Å². The summed E-state index contributed by atoms with van der Waals surface area (Å²) >= 11 is 3.84. The number of aromatic carboxylic acids is 1. The number of imide groups is 1. The number of nitrogens with one attached hydrogen (secondary N) is 1. The lowest BCUT2D eigenvalue weighted by Crippen LogP contribution is -2.29. The number of rotatable bonds is 6. The summed E-state index contributed by atoms with van der Waals surface area (Å²) in [6, 6.07) is 21.7. The van der Waals surface area contributed by atoms with E-state index in [4.69, 9.17) is 4.42 Å². The van der Waals surface area contributed by atoms with E-state index in [0.29, 0.717) is 47.8 Å². The molecule has 2 aromatic heterocycles.